The molecule has 0 fully saturated rings. The lowest BCUT2D eigenvalue weighted by Gasteiger charge is -2.04. The quantitative estimate of drug-likeness (QED) is 0.736. The van der Waals surface area contributed by atoms with E-state index in [0.717, 1.165) is 28.8 Å². The highest BCUT2D eigenvalue weighted by molar-refractivity contribution is 7.17. The molecule has 0 atom stereocenters. The Morgan fingerprint density at radius 1 is 1.47 bits per heavy atom. The van der Waals surface area contributed by atoms with Crippen molar-refractivity contribution in [2.75, 3.05) is 0 Å². The highest BCUT2D eigenvalue weighted by Gasteiger charge is 2.11. The van der Waals surface area contributed by atoms with Gasteiger partial charge in [-0.25, -0.2) is 4.98 Å². The maximum Gasteiger partial charge on any atom is 0.271 e. The Morgan fingerprint density at radius 3 is 3.11 bits per heavy atom. The molecule has 0 aromatic carbocycles. The van der Waals surface area contributed by atoms with E-state index in [1.807, 2.05) is 19.2 Å². The molecule has 0 saturated carbocycles. The summed E-state index contributed by atoms with van der Waals surface area (Å²) in [6, 6.07) is 0. The summed E-state index contributed by atoms with van der Waals surface area (Å²) >= 11 is 1.44. The molecule has 0 saturated heterocycles. The summed E-state index contributed by atoms with van der Waals surface area (Å²) in [5.74, 6) is 0. The largest absolute Gasteiger partial charge is 0.364 e. The van der Waals surface area contributed by atoms with E-state index in [4.69, 9.17) is 4.52 Å². The summed E-state index contributed by atoms with van der Waals surface area (Å²) in [6.07, 6.45) is 3.97. The molecule has 0 aliphatic rings. The first kappa shape index (κ1) is 12.1. The van der Waals surface area contributed by atoms with E-state index >= 15 is 0 Å². The minimum atomic E-state index is -0.00801. The zero-order valence-electron chi connectivity index (χ0n) is 10.7. The molecule has 0 aliphatic heterocycles. The zero-order valence-corrected chi connectivity index (χ0v) is 11.5. The fraction of sp³-hybridized carbons (Fsp3) is 0.308. The highest BCUT2D eigenvalue weighted by atomic mass is 32.1. The van der Waals surface area contributed by atoms with Crippen LogP contribution in [0.4, 0.5) is 0 Å². The molecule has 0 bridgehead atoms. The average Bonchev–Trinajstić information content (AvgIpc) is 3.00. The predicted molar refractivity (Wildman–Crippen MR) is 73.6 cm³/mol. The number of aryl methyl sites for hydroxylation is 2. The van der Waals surface area contributed by atoms with Gasteiger partial charge in [-0.05, 0) is 24.3 Å². The van der Waals surface area contributed by atoms with Crippen LogP contribution in [0.1, 0.15) is 23.7 Å². The van der Waals surface area contributed by atoms with Gasteiger partial charge in [0.1, 0.15) is 11.0 Å². The van der Waals surface area contributed by atoms with Crippen LogP contribution in [-0.4, -0.2) is 14.7 Å². The van der Waals surface area contributed by atoms with Gasteiger partial charge in [-0.1, -0.05) is 12.1 Å². The number of aromatic nitrogens is 3. The van der Waals surface area contributed by atoms with Crippen molar-refractivity contribution in [3.63, 3.8) is 0 Å². The standard InChI is InChI=1S/C13H13N3O2S/c1-3-10-9(5-18-15-10)4-16-7-14-11-8(2)6-19-12(11)13(16)17/h5-7H,3-4H2,1-2H3. The fourth-order valence-corrected chi connectivity index (χ4v) is 3.01. The Morgan fingerprint density at radius 2 is 2.32 bits per heavy atom. The molecule has 5 nitrogen and oxygen atoms in total. The maximum absolute atomic E-state index is 12.4. The Labute approximate surface area is 113 Å². The first-order chi connectivity index (χ1) is 9.20. The van der Waals surface area contributed by atoms with Crippen LogP contribution in [0, 0.1) is 6.92 Å². The van der Waals surface area contributed by atoms with E-state index in [9.17, 15) is 4.79 Å². The van der Waals surface area contributed by atoms with Gasteiger partial charge in [0, 0.05) is 5.56 Å². The van der Waals surface area contributed by atoms with E-state index in [2.05, 4.69) is 10.1 Å². The van der Waals surface area contributed by atoms with Crippen molar-refractivity contribution in [1.82, 2.24) is 14.7 Å². The summed E-state index contributed by atoms with van der Waals surface area (Å²) in [4.78, 5) is 16.7. The number of hydrogen-bond acceptors (Lipinski definition) is 5. The van der Waals surface area contributed by atoms with Gasteiger partial charge in [0.05, 0.1) is 24.1 Å². The van der Waals surface area contributed by atoms with Gasteiger partial charge in [0.25, 0.3) is 5.56 Å². The third-order valence-electron chi connectivity index (χ3n) is 3.13. The van der Waals surface area contributed by atoms with E-state index < -0.39 is 0 Å². The molecular weight excluding hydrogens is 262 g/mol. The maximum atomic E-state index is 12.4. The van der Waals surface area contributed by atoms with Crippen molar-refractivity contribution in [2.45, 2.75) is 26.8 Å². The number of hydrogen-bond donors (Lipinski definition) is 0. The number of nitrogens with zero attached hydrogens (tertiary/aromatic N) is 3. The highest BCUT2D eigenvalue weighted by Crippen LogP contribution is 2.19. The van der Waals surface area contributed by atoms with E-state index in [1.165, 1.54) is 11.3 Å². The van der Waals surface area contributed by atoms with Crippen molar-refractivity contribution in [2.24, 2.45) is 0 Å². The first-order valence-electron chi connectivity index (χ1n) is 6.06. The molecule has 0 radical (unpaired) electrons. The van der Waals surface area contributed by atoms with Crippen LogP contribution in [0.5, 0.6) is 0 Å². The molecule has 0 unspecified atom stereocenters. The van der Waals surface area contributed by atoms with E-state index in [-0.39, 0.29) is 5.56 Å². The predicted octanol–water partition coefficient (Wildman–Crippen LogP) is 2.37. The Balaban J connectivity index is 2.07. The lowest BCUT2D eigenvalue weighted by molar-refractivity contribution is 0.412. The number of rotatable bonds is 3. The van der Waals surface area contributed by atoms with E-state index in [1.54, 1.807) is 17.2 Å². The molecule has 3 rings (SSSR count). The van der Waals surface area contributed by atoms with Gasteiger partial charge in [0.15, 0.2) is 0 Å². The minimum absolute atomic E-state index is 0.00801. The van der Waals surface area contributed by atoms with Gasteiger partial charge in [0.2, 0.25) is 0 Å². The minimum Gasteiger partial charge on any atom is -0.364 e. The van der Waals surface area contributed by atoms with Crippen LogP contribution in [0.15, 0.2) is 27.3 Å². The Hall–Kier alpha value is -1.95. The Kier molecular flexibility index (Phi) is 2.94. The number of thiophene rings is 1. The summed E-state index contributed by atoms with van der Waals surface area (Å²) in [7, 11) is 0. The van der Waals surface area contributed by atoms with Gasteiger partial charge < -0.3 is 4.52 Å². The summed E-state index contributed by atoms with van der Waals surface area (Å²) < 4.78 is 7.26. The monoisotopic (exact) mass is 275 g/mol. The van der Waals surface area contributed by atoms with Crippen LogP contribution in [0.3, 0.4) is 0 Å². The second-order valence-corrected chi connectivity index (χ2v) is 5.29. The molecular formula is C13H13N3O2S. The zero-order chi connectivity index (χ0) is 13.4. The van der Waals surface area contributed by atoms with Gasteiger partial charge in [-0.15, -0.1) is 11.3 Å². The smallest absolute Gasteiger partial charge is 0.271 e. The molecule has 0 amide bonds. The third-order valence-corrected chi connectivity index (χ3v) is 4.20. The summed E-state index contributed by atoms with van der Waals surface area (Å²) in [5.41, 5.74) is 3.65. The van der Waals surface area contributed by atoms with Crippen LogP contribution in [-0.2, 0) is 13.0 Å². The van der Waals surface area contributed by atoms with Crippen molar-refractivity contribution in [3.05, 3.63) is 45.1 Å². The lowest BCUT2D eigenvalue weighted by Crippen LogP contribution is -2.20. The number of fused-ring (bicyclic) bond motifs is 1. The van der Waals surface area contributed by atoms with Crippen LogP contribution in [0.2, 0.25) is 0 Å². The van der Waals surface area contributed by atoms with E-state index in [0.29, 0.717) is 11.2 Å². The van der Waals surface area contributed by atoms with Crippen molar-refractivity contribution in [1.29, 1.82) is 0 Å². The molecule has 0 aliphatic carbocycles. The molecule has 3 aromatic rings. The van der Waals surface area contributed by atoms with Crippen molar-refractivity contribution in [3.8, 4) is 0 Å². The summed E-state index contributed by atoms with van der Waals surface area (Å²) in [5, 5.41) is 5.88. The molecule has 0 spiro atoms. The molecule has 19 heavy (non-hydrogen) atoms. The molecule has 3 heterocycles. The molecule has 0 N–H and O–H groups in total. The average molecular weight is 275 g/mol. The normalized spacial score (nSPS) is 11.3. The topological polar surface area (TPSA) is 60.9 Å². The van der Waals surface area contributed by atoms with Crippen molar-refractivity contribution < 1.29 is 4.52 Å². The van der Waals surface area contributed by atoms with Crippen LogP contribution >= 0.6 is 11.3 Å². The SMILES string of the molecule is CCc1nocc1Cn1cnc2c(C)csc2c1=O. The van der Waals surface area contributed by atoms with Gasteiger partial charge in [-0.2, -0.15) is 0 Å². The first-order valence-corrected chi connectivity index (χ1v) is 6.94. The van der Waals surface area contributed by atoms with Gasteiger partial charge in [-0.3, -0.25) is 9.36 Å². The molecule has 3 aromatic heterocycles. The second-order valence-electron chi connectivity index (χ2n) is 4.41. The van der Waals surface area contributed by atoms with Gasteiger partial charge >= 0.3 is 0 Å². The van der Waals surface area contributed by atoms with Crippen LogP contribution in [0.25, 0.3) is 10.2 Å². The Bertz CT molecular complexity index is 785. The lowest BCUT2D eigenvalue weighted by atomic mass is 10.2. The summed E-state index contributed by atoms with van der Waals surface area (Å²) in [6.45, 7) is 4.42. The van der Waals surface area contributed by atoms with Crippen LogP contribution < -0.4 is 5.56 Å². The second kappa shape index (κ2) is 4.62. The fourth-order valence-electron chi connectivity index (χ4n) is 2.06. The molecule has 6 heteroatoms. The third kappa shape index (κ3) is 1.98. The van der Waals surface area contributed by atoms with Crippen molar-refractivity contribution >= 4 is 21.6 Å². The molecule has 98 valence electrons.